The molecule has 0 atom stereocenters. The van der Waals surface area contributed by atoms with E-state index in [0.717, 1.165) is 11.3 Å². The van der Waals surface area contributed by atoms with Gasteiger partial charge in [-0.2, -0.15) is 0 Å². The Morgan fingerprint density at radius 1 is 1.36 bits per heavy atom. The number of imide groups is 1. The molecular weight excluding hydrogens is 282 g/mol. The van der Waals surface area contributed by atoms with Crippen LogP contribution >= 0.6 is 0 Å². The largest absolute Gasteiger partial charge is 0.324 e. The lowest BCUT2D eigenvalue weighted by atomic mass is 10.0. The fraction of sp³-hybridized carbons (Fsp3) is 0.438. The molecule has 0 saturated carbocycles. The van der Waals surface area contributed by atoms with Crippen LogP contribution in [-0.2, 0) is 9.59 Å². The number of nitrogens with one attached hydrogen (secondary N) is 1. The van der Waals surface area contributed by atoms with Gasteiger partial charge in [-0.15, -0.1) is 0 Å². The van der Waals surface area contributed by atoms with Crippen LogP contribution in [0.3, 0.4) is 0 Å². The van der Waals surface area contributed by atoms with Crippen LogP contribution in [0.5, 0.6) is 0 Å². The highest BCUT2D eigenvalue weighted by molar-refractivity contribution is 6.00. The van der Waals surface area contributed by atoms with Gasteiger partial charge in [0.2, 0.25) is 11.8 Å². The van der Waals surface area contributed by atoms with E-state index in [2.05, 4.69) is 19.2 Å². The maximum atomic E-state index is 12.3. The second-order valence-corrected chi connectivity index (χ2v) is 5.73. The summed E-state index contributed by atoms with van der Waals surface area (Å²) in [5.74, 6) is -0.112. The van der Waals surface area contributed by atoms with Gasteiger partial charge >= 0.3 is 6.03 Å². The topological polar surface area (TPSA) is 69.7 Å². The summed E-state index contributed by atoms with van der Waals surface area (Å²) in [6.07, 6.45) is 0.228. The summed E-state index contributed by atoms with van der Waals surface area (Å²) < 4.78 is 0. The van der Waals surface area contributed by atoms with Gasteiger partial charge in [-0.05, 0) is 23.6 Å². The molecule has 0 aromatic heterocycles. The maximum Gasteiger partial charge on any atom is 0.324 e. The Bertz CT molecular complexity index is 598. The summed E-state index contributed by atoms with van der Waals surface area (Å²) in [5, 5.41) is 2.21. The SMILES string of the molecule is CC(C)c1cccc(N(C)C(=O)CN2CCC(=O)NC2=O)c1. The van der Waals surface area contributed by atoms with Crippen molar-refractivity contribution in [3.8, 4) is 0 Å². The second-order valence-electron chi connectivity index (χ2n) is 5.73. The van der Waals surface area contributed by atoms with E-state index in [4.69, 9.17) is 0 Å². The normalized spacial score (nSPS) is 15.0. The molecule has 1 aliphatic heterocycles. The Morgan fingerprint density at radius 2 is 2.09 bits per heavy atom. The zero-order chi connectivity index (χ0) is 16.3. The lowest BCUT2D eigenvalue weighted by molar-refractivity contribution is -0.123. The minimum absolute atomic E-state index is 0.0402. The highest BCUT2D eigenvalue weighted by Crippen LogP contribution is 2.21. The van der Waals surface area contributed by atoms with Crippen molar-refractivity contribution in [2.24, 2.45) is 0 Å². The molecule has 6 nitrogen and oxygen atoms in total. The number of hydrogen-bond donors (Lipinski definition) is 1. The summed E-state index contributed by atoms with van der Waals surface area (Å²) >= 11 is 0. The number of likely N-dealkylation sites (N-methyl/N-ethyl adjacent to an activating group) is 1. The van der Waals surface area contributed by atoms with Crippen LogP contribution in [0.4, 0.5) is 10.5 Å². The molecular formula is C16H21N3O3. The Hall–Kier alpha value is -2.37. The molecule has 1 aromatic rings. The third kappa shape index (κ3) is 3.63. The lowest BCUT2D eigenvalue weighted by Crippen LogP contribution is -2.52. The van der Waals surface area contributed by atoms with Crippen LogP contribution in [0.2, 0.25) is 0 Å². The minimum atomic E-state index is -0.506. The number of nitrogens with zero attached hydrogens (tertiary/aromatic N) is 2. The van der Waals surface area contributed by atoms with E-state index in [1.807, 2.05) is 24.3 Å². The molecule has 0 spiro atoms. The Labute approximate surface area is 130 Å². The van der Waals surface area contributed by atoms with Gasteiger partial charge in [0.1, 0.15) is 6.54 Å². The number of carbonyl (C=O) groups is 3. The second kappa shape index (κ2) is 6.60. The molecule has 1 aromatic carbocycles. The van der Waals surface area contributed by atoms with Crippen LogP contribution in [0.1, 0.15) is 31.7 Å². The molecule has 1 aliphatic rings. The van der Waals surface area contributed by atoms with Crippen LogP contribution in [-0.4, -0.2) is 42.9 Å². The number of hydrogen-bond acceptors (Lipinski definition) is 3. The molecule has 4 amide bonds. The molecule has 118 valence electrons. The zero-order valence-corrected chi connectivity index (χ0v) is 13.1. The first-order valence-corrected chi connectivity index (χ1v) is 7.33. The van der Waals surface area contributed by atoms with E-state index in [9.17, 15) is 14.4 Å². The molecule has 2 rings (SSSR count). The first kappa shape index (κ1) is 16.0. The molecule has 1 N–H and O–H groups in total. The fourth-order valence-corrected chi connectivity index (χ4v) is 2.26. The van der Waals surface area contributed by atoms with E-state index in [-0.39, 0.29) is 31.3 Å². The van der Waals surface area contributed by atoms with Crippen molar-refractivity contribution >= 4 is 23.5 Å². The Morgan fingerprint density at radius 3 is 2.73 bits per heavy atom. The first-order chi connectivity index (χ1) is 10.4. The Balaban J connectivity index is 2.04. The van der Waals surface area contributed by atoms with Gasteiger partial charge in [0, 0.05) is 25.7 Å². The first-order valence-electron chi connectivity index (χ1n) is 7.33. The molecule has 22 heavy (non-hydrogen) atoms. The van der Waals surface area contributed by atoms with Gasteiger partial charge in [0.15, 0.2) is 0 Å². The molecule has 0 aliphatic carbocycles. The zero-order valence-electron chi connectivity index (χ0n) is 13.1. The average Bonchev–Trinajstić information content (AvgIpc) is 2.49. The molecule has 1 heterocycles. The van der Waals surface area contributed by atoms with E-state index < -0.39 is 6.03 Å². The van der Waals surface area contributed by atoms with Gasteiger partial charge < -0.3 is 9.80 Å². The summed E-state index contributed by atoms with van der Waals surface area (Å²) in [6, 6.07) is 7.27. The van der Waals surface area contributed by atoms with Crippen molar-refractivity contribution in [1.82, 2.24) is 10.2 Å². The lowest BCUT2D eigenvalue weighted by Gasteiger charge is -2.28. The highest BCUT2D eigenvalue weighted by atomic mass is 16.2. The van der Waals surface area contributed by atoms with Gasteiger partial charge in [-0.3, -0.25) is 14.9 Å². The van der Waals surface area contributed by atoms with E-state index in [1.165, 1.54) is 9.80 Å². The molecule has 1 fully saturated rings. The average molecular weight is 303 g/mol. The van der Waals surface area contributed by atoms with E-state index in [0.29, 0.717) is 5.92 Å². The molecule has 0 bridgehead atoms. The van der Waals surface area contributed by atoms with Crippen molar-refractivity contribution in [3.63, 3.8) is 0 Å². The summed E-state index contributed by atoms with van der Waals surface area (Å²) in [7, 11) is 1.69. The molecule has 6 heteroatoms. The van der Waals surface area contributed by atoms with Crippen molar-refractivity contribution in [2.75, 3.05) is 25.0 Å². The number of amides is 4. The minimum Gasteiger partial charge on any atom is -0.315 e. The molecule has 1 saturated heterocycles. The van der Waals surface area contributed by atoms with Gasteiger partial charge in [0.05, 0.1) is 0 Å². The molecule has 0 unspecified atom stereocenters. The van der Waals surface area contributed by atoms with Crippen LogP contribution in [0.15, 0.2) is 24.3 Å². The smallest absolute Gasteiger partial charge is 0.315 e. The van der Waals surface area contributed by atoms with Crippen molar-refractivity contribution in [3.05, 3.63) is 29.8 Å². The highest BCUT2D eigenvalue weighted by Gasteiger charge is 2.26. The summed E-state index contributed by atoms with van der Waals surface area (Å²) in [4.78, 5) is 38.0. The van der Waals surface area contributed by atoms with Crippen LogP contribution in [0.25, 0.3) is 0 Å². The third-order valence-electron chi connectivity index (χ3n) is 3.77. The van der Waals surface area contributed by atoms with E-state index >= 15 is 0 Å². The van der Waals surface area contributed by atoms with Crippen LogP contribution in [0, 0.1) is 0 Å². The number of anilines is 1. The summed E-state index contributed by atoms with van der Waals surface area (Å²) in [5.41, 5.74) is 1.95. The number of benzene rings is 1. The van der Waals surface area contributed by atoms with Crippen molar-refractivity contribution in [2.45, 2.75) is 26.2 Å². The van der Waals surface area contributed by atoms with Crippen molar-refractivity contribution < 1.29 is 14.4 Å². The van der Waals surface area contributed by atoms with Crippen LogP contribution < -0.4 is 10.2 Å². The molecule has 0 radical (unpaired) electrons. The maximum absolute atomic E-state index is 12.3. The predicted octanol–water partition coefficient (Wildman–Crippen LogP) is 1.71. The van der Waals surface area contributed by atoms with Gasteiger partial charge in [0.25, 0.3) is 0 Å². The van der Waals surface area contributed by atoms with Gasteiger partial charge in [-0.25, -0.2) is 4.79 Å². The summed E-state index contributed by atoms with van der Waals surface area (Å²) in [6.45, 7) is 4.42. The standard InChI is InChI=1S/C16H21N3O3/c1-11(2)12-5-4-6-13(9-12)18(3)15(21)10-19-8-7-14(20)17-16(19)22/h4-6,9,11H,7-8,10H2,1-3H3,(H,17,20,22). The fourth-order valence-electron chi connectivity index (χ4n) is 2.26. The quantitative estimate of drug-likeness (QED) is 0.920. The predicted molar refractivity (Wildman–Crippen MR) is 83.7 cm³/mol. The Kier molecular flexibility index (Phi) is 4.80. The third-order valence-corrected chi connectivity index (χ3v) is 3.77. The van der Waals surface area contributed by atoms with Gasteiger partial charge in [-0.1, -0.05) is 26.0 Å². The number of rotatable bonds is 4. The number of carbonyl (C=O) groups excluding carboxylic acids is 3. The van der Waals surface area contributed by atoms with Crippen molar-refractivity contribution in [1.29, 1.82) is 0 Å². The van der Waals surface area contributed by atoms with E-state index in [1.54, 1.807) is 7.05 Å². The monoisotopic (exact) mass is 303 g/mol. The number of urea groups is 1.